The topological polar surface area (TPSA) is 72.7 Å². The van der Waals surface area contributed by atoms with Crippen LogP contribution in [0.25, 0.3) is 6.08 Å². The molecule has 2 aliphatic rings. The predicted octanol–water partition coefficient (Wildman–Crippen LogP) is 9.81. The molecule has 4 aromatic rings. The molecule has 0 saturated heterocycles. The summed E-state index contributed by atoms with van der Waals surface area (Å²) in [4.78, 5) is 14.9. The van der Waals surface area contributed by atoms with Crippen LogP contribution in [0.3, 0.4) is 0 Å². The lowest BCUT2D eigenvalue weighted by atomic mass is 9.76. The first-order chi connectivity index (χ1) is 21.8. The maximum absolute atomic E-state index is 12.6. The molecular weight excluding hydrogens is 562 g/mol. The van der Waals surface area contributed by atoms with E-state index in [1.807, 2.05) is 18.2 Å². The van der Waals surface area contributed by atoms with Gasteiger partial charge in [0.1, 0.15) is 17.2 Å². The zero-order valence-corrected chi connectivity index (χ0v) is 26.3. The highest BCUT2D eigenvalue weighted by Gasteiger charge is 2.57. The third kappa shape index (κ3) is 5.95. The van der Waals surface area contributed by atoms with Gasteiger partial charge in [-0.1, -0.05) is 44.4 Å². The number of para-hydroxylation sites is 1. The van der Waals surface area contributed by atoms with Crippen LogP contribution in [-0.2, 0) is 5.41 Å². The lowest BCUT2D eigenvalue weighted by molar-refractivity contribution is 0.0582. The van der Waals surface area contributed by atoms with Crippen molar-refractivity contribution in [1.82, 2.24) is 0 Å². The number of anilines is 1. The Morgan fingerprint density at radius 3 is 2.31 bits per heavy atom. The SMILES string of the molecule is CCCCCCOc1ccc(C(=O)Oc2ccc(N=Nc3ccc4c(c3)C=CC3(O4)N(C)c4ccccc4C3(C)C)cc2)cc1. The summed E-state index contributed by atoms with van der Waals surface area (Å²) >= 11 is 0. The summed E-state index contributed by atoms with van der Waals surface area (Å²) in [6.07, 6.45) is 8.86. The van der Waals surface area contributed by atoms with Gasteiger partial charge in [0.25, 0.3) is 0 Å². The quantitative estimate of drug-likeness (QED) is 0.0783. The Kier molecular flexibility index (Phi) is 8.44. The second-order valence-electron chi connectivity index (χ2n) is 12.1. The minimum absolute atomic E-state index is 0.252. The molecule has 6 rings (SSSR count). The molecule has 0 saturated carbocycles. The second kappa shape index (κ2) is 12.6. The number of nitrogens with zero attached hydrogens (tertiary/aromatic N) is 3. The molecule has 2 heterocycles. The molecule has 2 aliphatic heterocycles. The molecule has 4 aromatic carbocycles. The summed E-state index contributed by atoms with van der Waals surface area (Å²) < 4.78 is 18.0. The fourth-order valence-corrected chi connectivity index (χ4v) is 6.10. The van der Waals surface area contributed by atoms with Crippen molar-refractivity contribution in [3.05, 3.63) is 114 Å². The number of likely N-dealkylation sites (N-methyl/N-ethyl adjacent to an activating group) is 1. The van der Waals surface area contributed by atoms with E-state index in [4.69, 9.17) is 14.2 Å². The van der Waals surface area contributed by atoms with Gasteiger partial charge >= 0.3 is 5.97 Å². The van der Waals surface area contributed by atoms with Crippen LogP contribution in [0.15, 0.2) is 107 Å². The molecular formula is C38H39N3O4. The summed E-state index contributed by atoms with van der Waals surface area (Å²) in [5, 5.41) is 8.82. The van der Waals surface area contributed by atoms with E-state index >= 15 is 0 Å². The number of esters is 1. The largest absolute Gasteiger partial charge is 0.494 e. The van der Waals surface area contributed by atoms with Crippen molar-refractivity contribution in [2.45, 2.75) is 57.6 Å². The Hall–Kier alpha value is -4.91. The van der Waals surface area contributed by atoms with E-state index in [9.17, 15) is 4.79 Å². The zero-order valence-electron chi connectivity index (χ0n) is 26.3. The van der Waals surface area contributed by atoms with E-state index < -0.39 is 11.7 Å². The predicted molar refractivity (Wildman–Crippen MR) is 178 cm³/mol. The Balaban J connectivity index is 1.06. The number of hydrogen-bond donors (Lipinski definition) is 0. The van der Waals surface area contributed by atoms with Crippen LogP contribution in [0, 0.1) is 0 Å². The first-order valence-electron chi connectivity index (χ1n) is 15.6. The summed E-state index contributed by atoms with van der Waals surface area (Å²) in [5.41, 5.74) is 4.33. The molecule has 1 atom stereocenters. The van der Waals surface area contributed by atoms with Gasteiger partial charge in [0.05, 0.1) is 29.0 Å². The van der Waals surface area contributed by atoms with Crippen molar-refractivity contribution in [2.75, 3.05) is 18.6 Å². The third-order valence-corrected chi connectivity index (χ3v) is 8.77. The second-order valence-corrected chi connectivity index (χ2v) is 12.1. The number of azo groups is 1. The van der Waals surface area contributed by atoms with Crippen molar-refractivity contribution in [3.63, 3.8) is 0 Å². The van der Waals surface area contributed by atoms with Crippen LogP contribution >= 0.6 is 0 Å². The number of carbonyl (C=O) groups excluding carboxylic acids is 1. The van der Waals surface area contributed by atoms with E-state index in [0.29, 0.717) is 29.3 Å². The van der Waals surface area contributed by atoms with Gasteiger partial charge in [-0.3, -0.25) is 0 Å². The van der Waals surface area contributed by atoms with Crippen LogP contribution in [0.4, 0.5) is 17.1 Å². The van der Waals surface area contributed by atoms with Gasteiger partial charge < -0.3 is 19.1 Å². The number of benzene rings is 4. The average Bonchev–Trinajstić information content (AvgIpc) is 3.22. The van der Waals surface area contributed by atoms with E-state index in [2.05, 4.69) is 79.4 Å². The van der Waals surface area contributed by atoms with Crippen molar-refractivity contribution >= 4 is 29.1 Å². The fourth-order valence-electron chi connectivity index (χ4n) is 6.10. The summed E-state index contributed by atoms with van der Waals surface area (Å²) in [6, 6.07) is 28.3. The van der Waals surface area contributed by atoms with Crippen molar-refractivity contribution in [3.8, 4) is 17.2 Å². The van der Waals surface area contributed by atoms with Gasteiger partial charge in [0.2, 0.25) is 5.72 Å². The highest BCUT2D eigenvalue weighted by Crippen LogP contribution is 2.54. The lowest BCUT2D eigenvalue weighted by Crippen LogP contribution is -2.58. The highest BCUT2D eigenvalue weighted by atomic mass is 16.5. The molecule has 7 nitrogen and oxygen atoms in total. The van der Waals surface area contributed by atoms with Gasteiger partial charge in [-0.2, -0.15) is 10.2 Å². The molecule has 0 bridgehead atoms. The van der Waals surface area contributed by atoms with Crippen molar-refractivity contribution < 1.29 is 19.0 Å². The maximum Gasteiger partial charge on any atom is 0.343 e. The van der Waals surface area contributed by atoms with Crippen LogP contribution in [0.2, 0.25) is 0 Å². The molecule has 230 valence electrons. The van der Waals surface area contributed by atoms with Crippen LogP contribution in [-0.4, -0.2) is 25.3 Å². The summed E-state index contributed by atoms with van der Waals surface area (Å²) in [7, 11) is 2.08. The molecule has 0 amide bonds. The first kappa shape index (κ1) is 30.1. The van der Waals surface area contributed by atoms with Gasteiger partial charge in [0.15, 0.2) is 0 Å². The Morgan fingerprint density at radius 2 is 1.56 bits per heavy atom. The smallest absolute Gasteiger partial charge is 0.343 e. The Bertz CT molecular complexity index is 1730. The van der Waals surface area contributed by atoms with Gasteiger partial charge in [-0.05, 0) is 111 Å². The molecule has 45 heavy (non-hydrogen) atoms. The maximum atomic E-state index is 12.6. The average molecular weight is 602 g/mol. The highest BCUT2D eigenvalue weighted by molar-refractivity contribution is 5.91. The van der Waals surface area contributed by atoms with E-state index in [0.717, 1.165) is 29.9 Å². The molecule has 0 radical (unpaired) electrons. The van der Waals surface area contributed by atoms with Crippen LogP contribution < -0.4 is 19.1 Å². The number of rotatable bonds is 10. The molecule has 0 N–H and O–H groups in total. The van der Waals surface area contributed by atoms with Gasteiger partial charge in [-0.15, -0.1) is 0 Å². The van der Waals surface area contributed by atoms with E-state index in [1.165, 1.54) is 24.1 Å². The van der Waals surface area contributed by atoms with Gasteiger partial charge in [0, 0.05) is 18.3 Å². The monoisotopic (exact) mass is 601 g/mol. The summed E-state index contributed by atoms with van der Waals surface area (Å²) in [5.74, 6) is 1.56. The minimum Gasteiger partial charge on any atom is -0.494 e. The number of unbranched alkanes of at least 4 members (excludes halogenated alkanes) is 3. The molecule has 0 aromatic heterocycles. The molecule has 0 fully saturated rings. The van der Waals surface area contributed by atoms with Crippen LogP contribution in [0.1, 0.15) is 67.9 Å². The zero-order chi connectivity index (χ0) is 31.4. The lowest BCUT2D eigenvalue weighted by Gasteiger charge is -2.45. The molecule has 1 unspecified atom stereocenters. The normalized spacial score (nSPS) is 17.6. The van der Waals surface area contributed by atoms with Crippen LogP contribution in [0.5, 0.6) is 17.2 Å². The third-order valence-electron chi connectivity index (χ3n) is 8.77. The number of ether oxygens (including phenoxy) is 3. The Morgan fingerprint density at radius 1 is 0.844 bits per heavy atom. The molecule has 1 spiro atoms. The number of hydrogen-bond acceptors (Lipinski definition) is 7. The molecule has 7 heteroatoms. The molecule has 0 aliphatic carbocycles. The standard InChI is InChI=1S/C38H39N3O4/c1-5-6-7-10-25-43-31-18-13-27(14-19-31)36(42)44-32-20-15-29(16-21-32)39-40-30-17-22-35-28(26-30)23-24-38(45-35)37(2,3)33-11-8-9-12-34(33)41(38)4/h8-9,11-24,26H,5-7,10,25H2,1-4H3. The minimum atomic E-state index is -0.622. The summed E-state index contributed by atoms with van der Waals surface area (Å²) in [6.45, 7) is 7.32. The van der Waals surface area contributed by atoms with E-state index in [-0.39, 0.29) is 5.41 Å². The van der Waals surface area contributed by atoms with E-state index in [1.54, 1.807) is 48.5 Å². The first-order valence-corrected chi connectivity index (χ1v) is 15.6. The van der Waals surface area contributed by atoms with Crippen molar-refractivity contribution in [2.24, 2.45) is 10.2 Å². The van der Waals surface area contributed by atoms with Gasteiger partial charge in [-0.25, -0.2) is 4.79 Å². The Labute approximate surface area is 265 Å². The number of fused-ring (bicyclic) bond motifs is 2. The fraction of sp³-hybridized carbons (Fsp3) is 0.289. The van der Waals surface area contributed by atoms with Crippen molar-refractivity contribution in [1.29, 1.82) is 0 Å². The number of carbonyl (C=O) groups is 1.